The summed E-state index contributed by atoms with van der Waals surface area (Å²) < 4.78 is 5.91. The number of hydrogen-bond acceptors (Lipinski definition) is 2. The van der Waals surface area contributed by atoms with Crippen LogP contribution in [0.25, 0.3) is 11.0 Å². The standard InChI is InChI=1S/C17H23NO/c1-17(2)9-7-12(8-10-17)16(18)15-11-13-5-3-4-6-14(13)19-15/h3-6,11-12,16H,7-10,18H2,1-2H3. The van der Waals surface area contributed by atoms with E-state index in [-0.39, 0.29) is 6.04 Å². The predicted molar refractivity (Wildman–Crippen MR) is 78.9 cm³/mol. The van der Waals surface area contributed by atoms with Crippen LogP contribution in [-0.2, 0) is 0 Å². The van der Waals surface area contributed by atoms with Gasteiger partial charge in [0.25, 0.3) is 0 Å². The molecule has 1 atom stereocenters. The maximum Gasteiger partial charge on any atom is 0.134 e. The van der Waals surface area contributed by atoms with Gasteiger partial charge < -0.3 is 10.2 Å². The average molecular weight is 257 g/mol. The van der Waals surface area contributed by atoms with Crippen LogP contribution < -0.4 is 5.73 Å². The first-order chi connectivity index (χ1) is 9.05. The van der Waals surface area contributed by atoms with Crippen molar-refractivity contribution in [1.29, 1.82) is 0 Å². The minimum absolute atomic E-state index is 0.0449. The van der Waals surface area contributed by atoms with E-state index in [9.17, 15) is 0 Å². The third-order valence-electron chi connectivity index (χ3n) is 4.66. The van der Waals surface area contributed by atoms with Crippen molar-refractivity contribution in [1.82, 2.24) is 0 Å². The maximum absolute atomic E-state index is 6.43. The number of para-hydroxylation sites is 1. The largest absolute Gasteiger partial charge is 0.459 e. The second kappa shape index (κ2) is 4.68. The summed E-state index contributed by atoms with van der Waals surface area (Å²) in [4.78, 5) is 0. The number of hydrogen-bond donors (Lipinski definition) is 1. The van der Waals surface area contributed by atoms with Crippen LogP contribution in [0.2, 0.25) is 0 Å². The van der Waals surface area contributed by atoms with E-state index < -0.39 is 0 Å². The van der Waals surface area contributed by atoms with Crippen molar-refractivity contribution in [2.75, 3.05) is 0 Å². The van der Waals surface area contributed by atoms with Crippen molar-refractivity contribution in [3.05, 3.63) is 36.1 Å². The van der Waals surface area contributed by atoms with Gasteiger partial charge in [0, 0.05) is 5.39 Å². The van der Waals surface area contributed by atoms with Crippen molar-refractivity contribution in [2.45, 2.75) is 45.6 Å². The monoisotopic (exact) mass is 257 g/mol. The summed E-state index contributed by atoms with van der Waals surface area (Å²) in [5, 5.41) is 1.16. The molecule has 1 aliphatic carbocycles. The van der Waals surface area contributed by atoms with Crippen molar-refractivity contribution >= 4 is 11.0 Å². The zero-order valence-corrected chi connectivity index (χ0v) is 11.9. The topological polar surface area (TPSA) is 39.2 Å². The lowest BCUT2D eigenvalue weighted by Crippen LogP contribution is -2.28. The number of rotatable bonds is 2. The third kappa shape index (κ3) is 2.55. The molecular weight excluding hydrogens is 234 g/mol. The first kappa shape index (κ1) is 12.7. The summed E-state index contributed by atoms with van der Waals surface area (Å²) in [7, 11) is 0. The van der Waals surface area contributed by atoms with Gasteiger partial charge in [-0.25, -0.2) is 0 Å². The van der Waals surface area contributed by atoms with Gasteiger partial charge in [0.15, 0.2) is 0 Å². The summed E-state index contributed by atoms with van der Waals surface area (Å²) >= 11 is 0. The van der Waals surface area contributed by atoms with Gasteiger partial charge in [-0.15, -0.1) is 0 Å². The van der Waals surface area contributed by atoms with E-state index in [1.807, 2.05) is 18.2 Å². The molecule has 3 rings (SSSR count). The van der Waals surface area contributed by atoms with Crippen molar-refractivity contribution in [3.8, 4) is 0 Å². The fourth-order valence-corrected chi connectivity index (χ4v) is 3.18. The number of fused-ring (bicyclic) bond motifs is 1. The highest BCUT2D eigenvalue weighted by molar-refractivity contribution is 5.77. The molecule has 1 saturated carbocycles. The molecule has 1 fully saturated rings. The summed E-state index contributed by atoms with van der Waals surface area (Å²) in [5.74, 6) is 1.51. The zero-order valence-electron chi connectivity index (χ0n) is 11.9. The molecule has 1 aromatic carbocycles. The van der Waals surface area contributed by atoms with Crippen molar-refractivity contribution in [3.63, 3.8) is 0 Å². The van der Waals surface area contributed by atoms with Gasteiger partial charge in [-0.1, -0.05) is 32.0 Å². The summed E-state index contributed by atoms with van der Waals surface area (Å²) in [6.45, 7) is 4.71. The quantitative estimate of drug-likeness (QED) is 0.850. The molecule has 2 aromatic rings. The van der Waals surface area contributed by atoms with Crippen LogP contribution in [0.1, 0.15) is 51.3 Å². The van der Waals surface area contributed by atoms with Gasteiger partial charge in [-0.05, 0) is 49.1 Å². The molecule has 2 N–H and O–H groups in total. The van der Waals surface area contributed by atoms with Gasteiger partial charge in [0.05, 0.1) is 6.04 Å². The van der Waals surface area contributed by atoms with Gasteiger partial charge in [0.2, 0.25) is 0 Å². The molecular formula is C17H23NO. The van der Waals surface area contributed by atoms with Crippen LogP contribution in [0.15, 0.2) is 34.7 Å². The third-order valence-corrected chi connectivity index (χ3v) is 4.66. The van der Waals surface area contributed by atoms with Gasteiger partial charge in [-0.2, -0.15) is 0 Å². The lowest BCUT2D eigenvalue weighted by Gasteiger charge is -2.36. The molecule has 1 heterocycles. The molecule has 0 aliphatic heterocycles. The number of benzene rings is 1. The van der Waals surface area contributed by atoms with Crippen LogP contribution >= 0.6 is 0 Å². The Morgan fingerprint density at radius 1 is 1.21 bits per heavy atom. The highest BCUT2D eigenvalue weighted by Gasteiger charge is 2.31. The van der Waals surface area contributed by atoms with E-state index in [1.54, 1.807) is 0 Å². The Kier molecular flexibility index (Phi) is 3.14. The Morgan fingerprint density at radius 2 is 1.89 bits per heavy atom. The Morgan fingerprint density at radius 3 is 2.58 bits per heavy atom. The highest BCUT2D eigenvalue weighted by Crippen LogP contribution is 2.42. The number of furan rings is 1. The molecule has 1 unspecified atom stereocenters. The number of nitrogens with two attached hydrogens (primary N) is 1. The molecule has 19 heavy (non-hydrogen) atoms. The molecule has 102 valence electrons. The summed E-state index contributed by atoms with van der Waals surface area (Å²) in [6.07, 6.45) is 4.97. The molecule has 0 saturated heterocycles. The average Bonchev–Trinajstić information content (AvgIpc) is 2.81. The van der Waals surface area contributed by atoms with Crippen molar-refractivity contribution in [2.24, 2.45) is 17.1 Å². The van der Waals surface area contributed by atoms with E-state index in [0.717, 1.165) is 16.7 Å². The highest BCUT2D eigenvalue weighted by atomic mass is 16.3. The van der Waals surface area contributed by atoms with Crippen molar-refractivity contribution < 1.29 is 4.42 Å². The molecule has 2 nitrogen and oxygen atoms in total. The van der Waals surface area contributed by atoms with Crippen LogP contribution in [0.4, 0.5) is 0 Å². The zero-order chi connectivity index (χ0) is 13.5. The fraction of sp³-hybridized carbons (Fsp3) is 0.529. The summed E-state index contributed by atoms with van der Waals surface area (Å²) in [6, 6.07) is 10.3. The fourth-order valence-electron chi connectivity index (χ4n) is 3.18. The second-order valence-electron chi connectivity index (χ2n) is 6.71. The molecule has 1 aromatic heterocycles. The Labute approximate surface area is 115 Å². The molecule has 0 radical (unpaired) electrons. The van der Waals surface area contributed by atoms with E-state index in [4.69, 9.17) is 10.2 Å². The van der Waals surface area contributed by atoms with E-state index >= 15 is 0 Å². The molecule has 0 spiro atoms. The molecule has 2 heteroatoms. The van der Waals surface area contributed by atoms with Crippen LogP contribution in [0.5, 0.6) is 0 Å². The molecule has 0 amide bonds. The normalized spacial score (nSPS) is 21.6. The van der Waals surface area contributed by atoms with Crippen LogP contribution in [0.3, 0.4) is 0 Å². The van der Waals surface area contributed by atoms with Gasteiger partial charge in [-0.3, -0.25) is 0 Å². The van der Waals surface area contributed by atoms with Crippen LogP contribution in [0, 0.1) is 11.3 Å². The SMILES string of the molecule is CC1(C)CCC(C(N)c2cc3ccccc3o2)CC1. The molecule has 1 aliphatic rings. The second-order valence-corrected chi connectivity index (χ2v) is 6.71. The van der Waals surface area contributed by atoms with E-state index in [1.165, 1.54) is 25.7 Å². The Bertz CT molecular complexity index is 526. The predicted octanol–water partition coefficient (Wildman–Crippen LogP) is 4.65. The first-order valence-corrected chi connectivity index (χ1v) is 7.29. The van der Waals surface area contributed by atoms with E-state index in [0.29, 0.717) is 11.3 Å². The lowest BCUT2D eigenvalue weighted by atomic mass is 9.71. The van der Waals surface area contributed by atoms with Crippen LogP contribution in [-0.4, -0.2) is 0 Å². The Balaban J connectivity index is 1.78. The summed E-state index contributed by atoms with van der Waals surface area (Å²) in [5.41, 5.74) is 7.87. The van der Waals surface area contributed by atoms with E-state index in [2.05, 4.69) is 26.0 Å². The maximum atomic E-state index is 6.43. The van der Waals surface area contributed by atoms with Gasteiger partial charge in [0.1, 0.15) is 11.3 Å². The minimum atomic E-state index is 0.0449. The lowest BCUT2D eigenvalue weighted by molar-refractivity contribution is 0.167. The first-order valence-electron chi connectivity index (χ1n) is 7.29. The molecule has 0 bridgehead atoms. The smallest absolute Gasteiger partial charge is 0.134 e. The minimum Gasteiger partial charge on any atom is -0.459 e. The Hall–Kier alpha value is -1.28. The van der Waals surface area contributed by atoms with Gasteiger partial charge >= 0.3 is 0 Å².